The molecule has 0 fully saturated rings. The van der Waals surface area contributed by atoms with E-state index in [0.717, 1.165) is 5.56 Å². The third-order valence-electron chi connectivity index (χ3n) is 2.81. The highest BCUT2D eigenvalue weighted by Crippen LogP contribution is 2.14. The molecule has 1 aromatic carbocycles. The molecule has 1 rings (SSSR count). The Labute approximate surface area is 126 Å². The van der Waals surface area contributed by atoms with Crippen LogP contribution in [0.3, 0.4) is 0 Å². The van der Waals surface area contributed by atoms with Crippen molar-refractivity contribution in [3.05, 3.63) is 35.9 Å². The first-order chi connectivity index (χ1) is 10.0. The number of benzene rings is 1. The number of hydrogen-bond donors (Lipinski definition) is 2. The lowest BCUT2D eigenvalue weighted by Crippen LogP contribution is -2.35. The van der Waals surface area contributed by atoms with E-state index >= 15 is 0 Å². The lowest BCUT2D eigenvalue weighted by atomic mass is 10.1. The Hall–Kier alpha value is -1.88. The first-order valence-corrected chi connectivity index (χ1v) is 7.29. The Morgan fingerprint density at radius 3 is 2.43 bits per heavy atom. The molecular weight excluding hydrogens is 268 g/mol. The standard InChI is InChI=1S/C16H24N2O3/c1-4-21-16(20)15(13-8-6-5-7-9-13)17-11-10-14(19)18-12(2)3/h5-9,12,15,17H,4,10-11H2,1-3H3,(H,18,19). The van der Waals surface area contributed by atoms with Crippen molar-refractivity contribution in [1.29, 1.82) is 0 Å². The van der Waals surface area contributed by atoms with Crippen LogP contribution in [-0.4, -0.2) is 31.1 Å². The van der Waals surface area contributed by atoms with Gasteiger partial charge in [-0.15, -0.1) is 0 Å². The van der Waals surface area contributed by atoms with Gasteiger partial charge in [0.1, 0.15) is 6.04 Å². The summed E-state index contributed by atoms with van der Waals surface area (Å²) >= 11 is 0. The third-order valence-corrected chi connectivity index (χ3v) is 2.81. The number of carbonyl (C=O) groups excluding carboxylic acids is 2. The van der Waals surface area contributed by atoms with Gasteiger partial charge in [-0.3, -0.25) is 4.79 Å². The summed E-state index contributed by atoms with van der Waals surface area (Å²) in [5.41, 5.74) is 0.834. The highest BCUT2D eigenvalue weighted by atomic mass is 16.5. The van der Waals surface area contributed by atoms with Gasteiger partial charge in [-0.05, 0) is 26.3 Å². The zero-order chi connectivity index (χ0) is 15.7. The zero-order valence-corrected chi connectivity index (χ0v) is 12.9. The topological polar surface area (TPSA) is 67.4 Å². The molecule has 0 radical (unpaired) electrons. The van der Waals surface area contributed by atoms with Crippen LogP contribution in [-0.2, 0) is 14.3 Å². The average molecular weight is 292 g/mol. The Balaban J connectivity index is 2.58. The zero-order valence-electron chi connectivity index (χ0n) is 12.9. The fraction of sp³-hybridized carbons (Fsp3) is 0.500. The third kappa shape index (κ3) is 6.40. The molecule has 1 atom stereocenters. The number of carbonyl (C=O) groups is 2. The van der Waals surface area contributed by atoms with Crippen LogP contribution >= 0.6 is 0 Å². The predicted molar refractivity (Wildman–Crippen MR) is 81.7 cm³/mol. The maximum Gasteiger partial charge on any atom is 0.327 e. The summed E-state index contributed by atoms with van der Waals surface area (Å²) in [6.45, 7) is 6.35. The van der Waals surface area contributed by atoms with Gasteiger partial charge < -0.3 is 15.4 Å². The number of ether oxygens (including phenoxy) is 1. The molecule has 0 saturated carbocycles. The van der Waals surface area contributed by atoms with E-state index in [-0.39, 0.29) is 17.9 Å². The van der Waals surface area contributed by atoms with E-state index in [0.29, 0.717) is 19.6 Å². The Bertz CT molecular complexity index is 446. The molecule has 0 bridgehead atoms. The van der Waals surface area contributed by atoms with Gasteiger partial charge in [-0.2, -0.15) is 0 Å². The van der Waals surface area contributed by atoms with Gasteiger partial charge in [-0.25, -0.2) is 4.79 Å². The van der Waals surface area contributed by atoms with E-state index < -0.39 is 6.04 Å². The molecule has 5 nitrogen and oxygen atoms in total. The van der Waals surface area contributed by atoms with Crippen LogP contribution in [0.2, 0.25) is 0 Å². The van der Waals surface area contributed by atoms with E-state index in [1.54, 1.807) is 6.92 Å². The first-order valence-electron chi connectivity index (χ1n) is 7.29. The van der Waals surface area contributed by atoms with Crippen LogP contribution in [0, 0.1) is 0 Å². The minimum absolute atomic E-state index is 0.0341. The van der Waals surface area contributed by atoms with E-state index in [1.165, 1.54) is 0 Å². The summed E-state index contributed by atoms with van der Waals surface area (Å²) in [5.74, 6) is -0.360. The molecule has 0 heterocycles. The molecule has 2 N–H and O–H groups in total. The maximum absolute atomic E-state index is 12.0. The van der Waals surface area contributed by atoms with Gasteiger partial charge in [0, 0.05) is 19.0 Å². The molecule has 0 aliphatic heterocycles. The number of hydrogen-bond acceptors (Lipinski definition) is 4. The number of esters is 1. The number of nitrogens with one attached hydrogen (secondary N) is 2. The highest BCUT2D eigenvalue weighted by molar-refractivity contribution is 5.78. The average Bonchev–Trinajstić information content (AvgIpc) is 2.44. The molecule has 0 aromatic heterocycles. The summed E-state index contributed by atoms with van der Waals surface area (Å²) in [7, 11) is 0. The molecule has 116 valence electrons. The Kier molecular flexibility index (Phi) is 7.46. The van der Waals surface area contributed by atoms with Crippen molar-refractivity contribution in [3.63, 3.8) is 0 Å². The normalized spacial score (nSPS) is 12.0. The molecule has 0 saturated heterocycles. The van der Waals surface area contributed by atoms with E-state index in [9.17, 15) is 9.59 Å². The fourth-order valence-corrected chi connectivity index (χ4v) is 1.93. The second kappa shape index (κ2) is 9.13. The van der Waals surface area contributed by atoms with Crippen molar-refractivity contribution in [3.8, 4) is 0 Å². The molecule has 1 unspecified atom stereocenters. The fourth-order valence-electron chi connectivity index (χ4n) is 1.93. The summed E-state index contributed by atoms with van der Waals surface area (Å²) in [4.78, 5) is 23.6. The lowest BCUT2D eigenvalue weighted by molar-refractivity contribution is -0.146. The van der Waals surface area contributed by atoms with Crippen LogP contribution in [0.5, 0.6) is 0 Å². The van der Waals surface area contributed by atoms with Gasteiger partial charge >= 0.3 is 5.97 Å². The van der Waals surface area contributed by atoms with Crippen molar-refractivity contribution in [1.82, 2.24) is 10.6 Å². The van der Waals surface area contributed by atoms with Crippen molar-refractivity contribution in [2.75, 3.05) is 13.2 Å². The van der Waals surface area contributed by atoms with Crippen molar-refractivity contribution in [2.45, 2.75) is 39.3 Å². The number of amides is 1. The van der Waals surface area contributed by atoms with Gasteiger partial charge in [0.2, 0.25) is 5.91 Å². The molecule has 0 spiro atoms. The largest absolute Gasteiger partial charge is 0.465 e. The smallest absolute Gasteiger partial charge is 0.327 e. The molecule has 1 aromatic rings. The second-order valence-corrected chi connectivity index (χ2v) is 5.02. The first kappa shape index (κ1) is 17.2. The van der Waals surface area contributed by atoms with Crippen molar-refractivity contribution in [2.24, 2.45) is 0 Å². The Morgan fingerprint density at radius 2 is 1.86 bits per heavy atom. The number of rotatable bonds is 8. The Morgan fingerprint density at radius 1 is 1.19 bits per heavy atom. The van der Waals surface area contributed by atoms with Gasteiger partial charge in [0.25, 0.3) is 0 Å². The van der Waals surface area contributed by atoms with Crippen LogP contribution in [0.25, 0.3) is 0 Å². The molecule has 5 heteroatoms. The minimum Gasteiger partial charge on any atom is -0.465 e. The van der Waals surface area contributed by atoms with Gasteiger partial charge in [0.05, 0.1) is 6.61 Å². The van der Waals surface area contributed by atoms with Crippen LogP contribution in [0.15, 0.2) is 30.3 Å². The molecular formula is C16H24N2O3. The van der Waals surface area contributed by atoms with Crippen LogP contribution in [0.1, 0.15) is 38.8 Å². The summed E-state index contributed by atoms with van der Waals surface area (Å²) in [5, 5.41) is 5.90. The quantitative estimate of drug-likeness (QED) is 0.717. The van der Waals surface area contributed by atoms with Crippen LogP contribution in [0.4, 0.5) is 0 Å². The predicted octanol–water partition coefficient (Wildman–Crippen LogP) is 1.80. The summed E-state index contributed by atoms with van der Waals surface area (Å²) < 4.78 is 5.08. The SMILES string of the molecule is CCOC(=O)C(NCCC(=O)NC(C)C)c1ccccc1. The lowest BCUT2D eigenvalue weighted by Gasteiger charge is -2.17. The minimum atomic E-state index is -0.544. The maximum atomic E-state index is 12.0. The van der Waals surface area contributed by atoms with E-state index in [1.807, 2.05) is 44.2 Å². The highest BCUT2D eigenvalue weighted by Gasteiger charge is 2.21. The monoisotopic (exact) mass is 292 g/mol. The van der Waals surface area contributed by atoms with Crippen molar-refractivity contribution < 1.29 is 14.3 Å². The van der Waals surface area contributed by atoms with Gasteiger partial charge in [-0.1, -0.05) is 30.3 Å². The van der Waals surface area contributed by atoms with Crippen LogP contribution < -0.4 is 10.6 Å². The van der Waals surface area contributed by atoms with Gasteiger partial charge in [0.15, 0.2) is 0 Å². The molecule has 0 aliphatic carbocycles. The van der Waals surface area contributed by atoms with Crippen molar-refractivity contribution >= 4 is 11.9 Å². The molecule has 21 heavy (non-hydrogen) atoms. The summed E-state index contributed by atoms with van der Waals surface area (Å²) in [6.07, 6.45) is 0.320. The molecule has 1 amide bonds. The second-order valence-electron chi connectivity index (χ2n) is 5.02. The van der Waals surface area contributed by atoms with E-state index in [4.69, 9.17) is 4.74 Å². The summed E-state index contributed by atoms with van der Waals surface area (Å²) in [6, 6.07) is 8.93. The van der Waals surface area contributed by atoms with E-state index in [2.05, 4.69) is 10.6 Å². The molecule has 0 aliphatic rings.